The molecule has 0 nitrogen and oxygen atoms in total. The fourth-order valence-corrected chi connectivity index (χ4v) is 0.642. The molecule has 0 aliphatic rings. The van der Waals surface area contributed by atoms with E-state index in [9.17, 15) is 0 Å². The van der Waals surface area contributed by atoms with Crippen molar-refractivity contribution in [2.45, 2.75) is 0 Å². The summed E-state index contributed by atoms with van der Waals surface area (Å²) in [6, 6.07) is 20.0. The van der Waals surface area contributed by atoms with Crippen LogP contribution in [-0.4, -0.2) is 5.34 Å². The van der Waals surface area contributed by atoms with Gasteiger partial charge in [0.2, 0.25) is 0 Å². The normalized spacial score (nSPS) is 7.00. The minimum atomic E-state index is 0. The number of hydrogen-bond donors (Lipinski definition) is 0. The quantitative estimate of drug-likeness (QED) is 0.382. The molecule has 14 heavy (non-hydrogen) atoms. The fourth-order valence-electron chi connectivity index (χ4n) is 0.642. The van der Waals surface area contributed by atoms with E-state index in [-0.39, 0.29) is 22.4 Å². The van der Waals surface area contributed by atoms with Gasteiger partial charge in [0.25, 0.3) is 0 Å². The molecule has 0 aliphatic carbocycles. The molecule has 0 spiro atoms. The molecule has 0 aliphatic heterocycles. The van der Waals surface area contributed by atoms with Crippen molar-refractivity contribution in [2.75, 3.05) is 5.34 Å². The van der Waals surface area contributed by atoms with E-state index in [2.05, 4.69) is 0 Å². The topological polar surface area (TPSA) is 0 Å². The molecule has 0 N–H and O–H groups in total. The maximum Gasteiger partial charge on any atom is 2.00 e. The van der Waals surface area contributed by atoms with Crippen molar-refractivity contribution in [3.8, 4) is 0 Å². The van der Waals surface area contributed by atoms with Gasteiger partial charge in [-0.2, -0.15) is 36.4 Å². The minimum absolute atomic E-state index is 0. The number of hydrogen-bond acceptors (Lipinski definition) is 0. The first-order valence-electron chi connectivity index (χ1n) is 3.87. The van der Waals surface area contributed by atoms with E-state index in [0.29, 0.717) is 0 Å². The van der Waals surface area contributed by atoms with Crippen LogP contribution < -0.4 is 0 Å². The maximum atomic E-state index is 4.76. The SMILES string of the molecule is ClCCl.[Fe+2].c1cc[cH-]c1.c1cc[cH-]c1. The van der Waals surface area contributed by atoms with Crippen molar-refractivity contribution >= 4 is 23.2 Å². The third-order valence-electron chi connectivity index (χ3n) is 1.11. The van der Waals surface area contributed by atoms with Crippen LogP contribution in [0.25, 0.3) is 0 Å². The van der Waals surface area contributed by atoms with Gasteiger partial charge in [0.15, 0.2) is 0 Å². The summed E-state index contributed by atoms with van der Waals surface area (Å²) < 4.78 is 0. The third kappa shape index (κ3) is 14.3. The van der Waals surface area contributed by atoms with E-state index in [0.717, 1.165) is 0 Å². The largest absolute Gasteiger partial charge is 2.00 e. The summed E-state index contributed by atoms with van der Waals surface area (Å²) in [5.74, 6) is 0. The van der Waals surface area contributed by atoms with Crippen molar-refractivity contribution < 1.29 is 17.1 Å². The van der Waals surface area contributed by atoms with Gasteiger partial charge in [0.1, 0.15) is 0 Å². The Morgan fingerprint density at radius 3 is 1.00 bits per heavy atom. The summed E-state index contributed by atoms with van der Waals surface area (Å²) in [7, 11) is 0. The summed E-state index contributed by atoms with van der Waals surface area (Å²) in [6.45, 7) is 0. The van der Waals surface area contributed by atoms with E-state index in [1.54, 1.807) is 0 Å². The van der Waals surface area contributed by atoms with Crippen LogP contribution in [0, 0.1) is 0 Å². The Morgan fingerprint density at radius 1 is 0.714 bits per heavy atom. The Balaban J connectivity index is 0. The second-order valence-electron chi connectivity index (χ2n) is 2.03. The van der Waals surface area contributed by atoms with Gasteiger partial charge in [-0.25, -0.2) is 24.3 Å². The molecule has 0 amide bonds. The van der Waals surface area contributed by atoms with Gasteiger partial charge in [-0.05, 0) is 0 Å². The number of rotatable bonds is 0. The van der Waals surface area contributed by atoms with Crippen LogP contribution in [0.2, 0.25) is 0 Å². The molecule has 0 atom stereocenters. The van der Waals surface area contributed by atoms with Crippen molar-refractivity contribution in [1.82, 2.24) is 0 Å². The molecular formula is C11H12Cl2Fe. The summed E-state index contributed by atoms with van der Waals surface area (Å²) in [5.41, 5.74) is 0. The third-order valence-corrected chi connectivity index (χ3v) is 1.11. The van der Waals surface area contributed by atoms with Crippen molar-refractivity contribution in [3.05, 3.63) is 60.7 Å². The maximum absolute atomic E-state index is 4.76. The van der Waals surface area contributed by atoms with Crippen LogP contribution in [0.1, 0.15) is 0 Å². The van der Waals surface area contributed by atoms with Gasteiger partial charge >= 0.3 is 17.1 Å². The van der Waals surface area contributed by atoms with Gasteiger partial charge < -0.3 is 0 Å². The number of alkyl halides is 2. The fraction of sp³-hybridized carbons (Fsp3) is 0.0909. The Morgan fingerprint density at radius 2 is 0.929 bits per heavy atom. The molecule has 0 saturated heterocycles. The van der Waals surface area contributed by atoms with Gasteiger partial charge in [-0.15, -0.1) is 23.2 Å². The van der Waals surface area contributed by atoms with Gasteiger partial charge in [0, 0.05) is 0 Å². The second kappa shape index (κ2) is 15.3. The van der Waals surface area contributed by atoms with Crippen LogP contribution in [0.3, 0.4) is 0 Å². The molecule has 2 rings (SSSR count). The van der Waals surface area contributed by atoms with Crippen LogP contribution in [0.4, 0.5) is 0 Å². The van der Waals surface area contributed by atoms with Crippen molar-refractivity contribution in [1.29, 1.82) is 0 Å². The Hall–Kier alpha value is -0.201. The van der Waals surface area contributed by atoms with Gasteiger partial charge in [-0.3, -0.25) is 0 Å². The molecule has 0 bridgehead atoms. The van der Waals surface area contributed by atoms with E-state index in [1.165, 1.54) is 0 Å². The van der Waals surface area contributed by atoms with Crippen LogP contribution in [0.15, 0.2) is 60.7 Å². The first-order valence-corrected chi connectivity index (χ1v) is 4.94. The van der Waals surface area contributed by atoms with E-state index < -0.39 is 0 Å². The molecule has 2 aromatic carbocycles. The predicted octanol–water partition coefficient (Wildman–Crippen LogP) is 4.23. The molecule has 0 fully saturated rings. The average Bonchev–Trinajstić information content (AvgIpc) is 2.85. The monoisotopic (exact) mass is 270 g/mol. The zero-order valence-electron chi connectivity index (χ0n) is 7.59. The Labute approximate surface area is 106 Å². The molecule has 78 valence electrons. The Kier molecular flexibility index (Phi) is 17.7. The molecule has 2 aromatic rings. The Bertz CT molecular complexity index is 165. The number of halogens is 2. The van der Waals surface area contributed by atoms with Crippen LogP contribution >= 0.6 is 23.2 Å². The van der Waals surface area contributed by atoms with Crippen LogP contribution in [0.5, 0.6) is 0 Å². The average molecular weight is 271 g/mol. The smallest absolute Gasteiger partial charge is 0.214 e. The zero-order valence-corrected chi connectivity index (χ0v) is 10.2. The van der Waals surface area contributed by atoms with E-state index in [4.69, 9.17) is 23.2 Å². The first-order chi connectivity index (χ1) is 6.41. The van der Waals surface area contributed by atoms with Gasteiger partial charge in [-0.1, -0.05) is 0 Å². The second-order valence-corrected chi connectivity index (χ2v) is 2.83. The standard InChI is InChI=1S/2C5H5.CH2Cl2.Fe/c2*1-2-4-5-3-1;2-1-3;/h2*1-5H;1H2;/q2*-1;;+2. The summed E-state index contributed by atoms with van der Waals surface area (Å²) >= 11 is 9.53. The molecule has 0 saturated carbocycles. The first kappa shape index (κ1) is 16.2. The molecule has 3 heteroatoms. The predicted molar refractivity (Wildman–Crippen MR) is 60.6 cm³/mol. The minimum Gasteiger partial charge on any atom is -0.214 e. The van der Waals surface area contributed by atoms with E-state index in [1.807, 2.05) is 60.7 Å². The van der Waals surface area contributed by atoms with E-state index >= 15 is 0 Å². The zero-order chi connectivity index (χ0) is 9.78. The van der Waals surface area contributed by atoms with Crippen LogP contribution in [-0.2, 0) is 17.1 Å². The molecular weight excluding hydrogens is 259 g/mol. The van der Waals surface area contributed by atoms with Crippen molar-refractivity contribution in [3.63, 3.8) is 0 Å². The summed E-state index contributed by atoms with van der Waals surface area (Å²) in [5, 5.41) is 0.194. The molecule has 0 heterocycles. The molecule has 0 unspecified atom stereocenters. The van der Waals surface area contributed by atoms with Crippen molar-refractivity contribution in [2.24, 2.45) is 0 Å². The summed E-state index contributed by atoms with van der Waals surface area (Å²) in [6.07, 6.45) is 0. The summed E-state index contributed by atoms with van der Waals surface area (Å²) in [4.78, 5) is 0. The van der Waals surface area contributed by atoms with Gasteiger partial charge in [0.05, 0.1) is 5.34 Å². The molecule has 0 aromatic heterocycles. The molecule has 0 radical (unpaired) electrons.